The molecule has 2 rings (SSSR count). The van der Waals surface area contributed by atoms with Crippen LogP contribution in [0.3, 0.4) is 0 Å². The second-order valence-corrected chi connectivity index (χ2v) is 5.61. The fourth-order valence-electron chi connectivity index (χ4n) is 2.27. The van der Waals surface area contributed by atoms with Gasteiger partial charge in [-0.3, -0.25) is 9.59 Å². The van der Waals surface area contributed by atoms with E-state index in [2.05, 4.69) is 10.6 Å². The van der Waals surface area contributed by atoms with Crippen molar-refractivity contribution in [3.63, 3.8) is 0 Å². The van der Waals surface area contributed by atoms with Crippen LogP contribution in [0.1, 0.15) is 22.5 Å². The second-order valence-electron chi connectivity index (χ2n) is 4.67. The Morgan fingerprint density at radius 3 is 3.05 bits per heavy atom. The van der Waals surface area contributed by atoms with Crippen LogP contribution in [0.15, 0.2) is 17.5 Å². The predicted octanol–water partition coefficient (Wildman–Crippen LogP) is 0.688. The lowest BCUT2D eigenvalue weighted by Crippen LogP contribution is -2.50. The van der Waals surface area contributed by atoms with Crippen molar-refractivity contribution in [3.05, 3.63) is 22.4 Å². The molecule has 0 saturated carbocycles. The van der Waals surface area contributed by atoms with Crippen LogP contribution in [0, 0.1) is 0 Å². The quantitative estimate of drug-likeness (QED) is 0.853. The molecule has 2 amide bonds. The minimum atomic E-state index is -0.0158. The number of thiophene rings is 1. The molecule has 0 bridgehead atoms. The van der Waals surface area contributed by atoms with Crippen molar-refractivity contribution in [2.24, 2.45) is 0 Å². The lowest BCUT2D eigenvalue weighted by molar-refractivity contribution is -0.121. The van der Waals surface area contributed by atoms with Crippen molar-refractivity contribution < 1.29 is 9.59 Å². The fraction of sp³-hybridized carbons (Fsp3) is 0.538. The maximum Gasteiger partial charge on any atom is 0.263 e. The van der Waals surface area contributed by atoms with E-state index < -0.39 is 0 Å². The van der Waals surface area contributed by atoms with Gasteiger partial charge in [0.1, 0.15) is 0 Å². The van der Waals surface area contributed by atoms with E-state index in [0.29, 0.717) is 13.1 Å². The molecule has 1 fully saturated rings. The SMILES string of the molecule is CNCC(=O)N[C@H]1CCCN(C(=O)c2cccs2)C1. The second kappa shape index (κ2) is 6.68. The first kappa shape index (κ1) is 14.0. The summed E-state index contributed by atoms with van der Waals surface area (Å²) in [6.07, 6.45) is 1.87. The molecule has 2 heterocycles. The molecule has 0 radical (unpaired) electrons. The molecule has 6 heteroatoms. The van der Waals surface area contributed by atoms with Crippen LogP contribution in [0.5, 0.6) is 0 Å². The first-order valence-electron chi connectivity index (χ1n) is 6.47. The minimum Gasteiger partial charge on any atom is -0.350 e. The van der Waals surface area contributed by atoms with Gasteiger partial charge in [-0.15, -0.1) is 11.3 Å². The molecule has 19 heavy (non-hydrogen) atoms. The van der Waals surface area contributed by atoms with E-state index >= 15 is 0 Å². The third kappa shape index (κ3) is 3.78. The minimum absolute atomic E-state index is 0.0158. The van der Waals surface area contributed by atoms with Crippen LogP contribution < -0.4 is 10.6 Å². The highest BCUT2D eigenvalue weighted by molar-refractivity contribution is 7.12. The summed E-state index contributed by atoms with van der Waals surface area (Å²) in [5, 5.41) is 7.69. The van der Waals surface area contributed by atoms with E-state index in [-0.39, 0.29) is 17.9 Å². The molecule has 104 valence electrons. The highest BCUT2D eigenvalue weighted by atomic mass is 32.1. The average molecular weight is 281 g/mol. The average Bonchev–Trinajstić information content (AvgIpc) is 2.92. The molecule has 0 unspecified atom stereocenters. The lowest BCUT2D eigenvalue weighted by atomic mass is 10.1. The van der Waals surface area contributed by atoms with E-state index in [4.69, 9.17) is 0 Å². The molecule has 0 aromatic carbocycles. The topological polar surface area (TPSA) is 61.4 Å². The van der Waals surface area contributed by atoms with E-state index in [1.807, 2.05) is 22.4 Å². The molecular weight excluding hydrogens is 262 g/mol. The van der Waals surface area contributed by atoms with Crippen molar-refractivity contribution in [3.8, 4) is 0 Å². The zero-order chi connectivity index (χ0) is 13.7. The molecule has 0 spiro atoms. The monoisotopic (exact) mass is 281 g/mol. The lowest BCUT2D eigenvalue weighted by Gasteiger charge is -2.33. The molecule has 1 aromatic heterocycles. The number of amides is 2. The number of carbonyl (C=O) groups excluding carboxylic acids is 2. The number of hydrogen-bond acceptors (Lipinski definition) is 4. The third-order valence-corrected chi connectivity index (χ3v) is 4.00. The Bertz CT molecular complexity index is 433. The zero-order valence-corrected chi connectivity index (χ0v) is 11.8. The highest BCUT2D eigenvalue weighted by Gasteiger charge is 2.25. The Morgan fingerprint density at radius 2 is 2.37 bits per heavy atom. The maximum atomic E-state index is 12.2. The van der Waals surface area contributed by atoms with Crippen LogP contribution in [0.2, 0.25) is 0 Å². The summed E-state index contributed by atoms with van der Waals surface area (Å²) in [6, 6.07) is 3.79. The number of rotatable bonds is 4. The Balaban J connectivity index is 1.90. The van der Waals surface area contributed by atoms with Gasteiger partial charge >= 0.3 is 0 Å². The molecule has 1 atom stereocenters. The number of hydrogen-bond donors (Lipinski definition) is 2. The first-order valence-corrected chi connectivity index (χ1v) is 7.35. The van der Waals surface area contributed by atoms with Crippen molar-refractivity contribution in [1.82, 2.24) is 15.5 Å². The molecule has 0 aliphatic carbocycles. The fourth-order valence-corrected chi connectivity index (χ4v) is 2.97. The van der Waals surface area contributed by atoms with Gasteiger partial charge in [0.15, 0.2) is 0 Å². The number of nitrogens with one attached hydrogen (secondary N) is 2. The van der Waals surface area contributed by atoms with E-state index in [0.717, 1.165) is 24.3 Å². The Kier molecular flexibility index (Phi) is 4.93. The summed E-state index contributed by atoms with van der Waals surface area (Å²) >= 11 is 1.46. The third-order valence-electron chi connectivity index (χ3n) is 3.14. The smallest absolute Gasteiger partial charge is 0.263 e. The van der Waals surface area contributed by atoms with Crippen LogP contribution in [-0.2, 0) is 4.79 Å². The molecular formula is C13H19N3O2S. The van der Waals surface area contributed by atoms with Gasteiger partial charge in [0, 0.05) is 19.1 Å². The Hall–Kier alpha value is -1.40. The van der Waals surface area contributed by atoms with Gasteiger partial charge in [0.05, 0.1) is 11.4 Å². The summed E-state index contributed by atoms with van der Waals surface area (Å²) in [4.78, 5) is 26.4. The Labute approximate surface area is 117 Å². The molecule has 1 saturated heterocycles. The van der Waals surface area contributed by atoms with Crippen molar-refractivity contribution in [2.45, 2.75) is 18.9 Å². The molecule has 5 nitrogen and oxygen atoms in total. The highest BCUT2D eigenvalue weighted by Crippen LogP contribution is 2.16. The van der Waals surface area contributed by atoms with Crippen molar-refractivity contribution in [2.75, 3.05) is 26.7 Å². The molecule has 1 aliphatic rings. The summed E-state index contributed by atoms with van der Waals surface area (Å²) in [7, 11) is 1.74. The van der Waals surface area contributed by atoms with Crippen LogP contribution >= 0.6 is 11.3 Å². The summed E-state index contributed by atoms with van der Waals surface area (Å²) in [6.45, 7) is 1.69. The number of piperidine rings is 1. The summed E-state index contributed by atoms with van der Waals surface area (Å²) in [5.41, 5.74) is 0. The number of nitrogens with zero attached hydrogens (tertiary/aromatic N) is 1. The molecule has 2 N–H and O–H groups in total. The van der Waals surface area contributed by atoms with Gasteiger partial charge in [0.25, 0.3) is 5.91 Å². The molecule has 1 aromatic rings. The van der Waals surface area contributed by atoms with Crippen molar-refractivity contribution >= 4 is 23.2 Å². The van der Waals surface area contributed by atoms with E-state index in [1.54, 1.807) is 7.05 Å². The number of carbonyl (C=O) groups is 2. The van der Waals surface area contributed by atoms with Crippen LogP contribution in [0.25, 0.3) is 0 Å². The van der Waals surface area contributed by atoms with Gasteiger partial charge < -0.3 is 15.5 Å². The van der Waals surface area contributed by atoms with Gasteiger partial charge in [-0.2, -0.15) is 0 Å². The Morgan fingerprint density at radius 1 is 1.53 bits per heavy atom. The maximum absolute atomic E-state index is 12.2. The van der Waals surface area contributed by atoms with Gasteiger partial charge in [-0.05, 0) is 31.3 Å². The zero-order valence-electron chi connectivity index (χ0n) is 11.0. The van der Waals surface area contributed by atoms with Gasteiger partial charge in [0.2, 0.25) is 5.91 Å². The largest absolute Gasteiger partial charge is 0.350 e. The summed E-state index contributed by atoms with van der Waals surface area (Å²) in [5.74, 6) is 0.0560. The predicted molar refractivity (Wildman–Crippen MR) is 75.3 cm³/mol. The first-order chi connectivity index (χ1) is 9.20. The summed E-state index contributed by atoms with van der Waals surface area (Å²) < 4.78 is 0. The number of likely N-dealkylation sites (tertiary alicyclic amines) is 1. The van der Waals surface area contributed by atoms with E-state index in [9.17, 15) is 9.59 Å². The van der Waals surface area contributed by atoms with Crippen LogP contribution in [-0.4, -0.2) is 49.4 Å². The van der Waals surface area contributed by atoms with E-state index in [1.165, 1.54) is 11.3 Å². The number of likely N-dealkylation sites (N-methyl/N-ethyl adjacent to an activating group) is 1. The van der Waals surface area contributed by atoms with Gasteiger partial charge in [-0.1, -0.05) is 6.07 Å². The van der Waals surface area contributed by atoms with Gasteiger partial charge in [-0.25, -0.2) is 0 Å². The van der Waals surface area contributed by atoms with Crippen molar-refractivity contribution in [1.29, 1.82) is 0 Å². The van der Waals surface area contributed by atoms with Crippen LogP contribution in [0.4, 0.5) is 0 Å². The molecule has 1 aliphatic heterocycles. The normalized spacial score (nSPS) is 19.2. The standard InChI is InChI=1S/C13H19N3O2S/c1-14-8-12(17)15-10-4-2-6-16(9-10)13(18)11-5-3-7-19-11/h3,5,7,10,14H,2,4,6,8-9H2,1H3,(H,15,17)/t10-/m0/s1.